The summed E-state index contributed by atoms with van der Waals surface area (Å²) in [6.45, 7) is 0.690. The average Bonchev–Trinajstić information content (AvgIpc) is 3.37. The normalized spacial score (nSPS) is 11.7. The second-order valence-corrected chi connectivity index (χ2v) is 6.77. The van der Waals surface area contributed by atoms with Gasteiger partial charge in [-0.3, -0.25) is 10.1 Å². The van der Waals surface area contributed by atoms with Crippen molar-refractivity contribution >= 4 is 11.6 Å². The van der Waals surface area contributed by atoms with Crippen LogP contribution in [0.2, 0.25) is 5.02 Å². The van der Waals surface area contributed by atoms with E-state index in [1.54, 1.807) is 12.5 Å². The number of pyridine rings is 1. The van der Waals surface area contributed by atoms with Gasteiger partial charge < -0.3 is 4.57 Å². The predicted octanol–water partition coefficient (Wildman–Crippen LogP) is 4.65. The highest BCUT2D eigenvalue weighted by Crippen LogP contribution is 2.34. The van der Waals surface area contributed by atoms with Crippen molar-refractivity contribution in [3.8, 4) is 22.6 Å². The van der Waals surface area contributed by atoms with Crippen molar-refractivity contribution in [2.45, 2.75) is 19.1 Å². The van der Waals surface area contributed by atoms with Gasteiger partial charge in [-0.2, -0.15) is 13.2 Å². The Labute approximate surface area is 168 Å². The van der Waals surface area contributed by atoms with Crippen molar-refractivity contribution in [3.63, 3.8) is 0 Å². The molecular weight excluding hydrogens is 405 g/mol. The Balaban J connectivity index is 1.54. The van der Waals surface area contributed by atoms with E-state index >= 15 is 0 Å². The van der Waals surface area contributed by atoms with Crippen LogP contribution in [0.4, 0.5) is 13.2 Å². The molecule has 0 bridgehead atoms. The van der Waals surface area contributed by atoms with Gasteiger partial charge in [0.15, 0.2) is 5.69 Å². The smallest absolute Gasteiger partial charge is 0.336 e. The molecule has 0 saturated heterocycles. The summed E-state index contributed by atoms with van der Waals surface area (Å²) in [5, 5.41) is 9.45. The number of aromatic amines is 1. The minimum Gasteiger partial charge on any atom is -0.336 e. The van der Waals surface area contributed by atoms with Crippen LogP contribution >= 0.6 is 11.6 Å². The van der Waals surface area contributed by atoms with Gasteiger partial charge in [-0.1, -0.05) is 28.9 Å². The van der Waals surface area contributed by atoms with E-state index in [2.05, 4.69) is 20.3 Å². The number of halogens is 4. The van der Waals surface area contributed by atoms with Gasteiger partial charge in [0.2, 0.25) is 0 Å². The van der Waals surface area contributed by atoms with Gasteiger partial charge in [0, 0.05) is 29.5 Å². The van der Waals surface area contributed by atoms with Crippen LogP contribution in [0, 0.1) is 0 Å². The maximum absolute atomic E-state index is 13.1. The Kier molecular flexibility index (Phi) is 5.06. The van der Waals surface area contributed by atoms with E-state index in [1.807, 2.05) is 33.9 Å². The average molecular weight is 419 g/mol. The van der Waals surface area contributed by atoms with E-state index in [0.717, 1.165) is 12.0 Å². The lowest BCUT2D eigenvalue weighted by Gasteiger charge is -2.06. The van der Waals surface area contributed by atoms with Gasteiger partial charge >= 0.3 is 6.18 Å². The van der Waals surface area contributed by atoms with E-state index in [1.165, 1.54) is 18.3 Å². The summed E-state index contributed by atoms with van der Waals surface area (Å²) >= 11 is 5.89. The molecule has 0 spiro atoms. The summed E-state index contributed by atoms with van der Waals surface area (Å²) in [4.78, 5) is 8.54. The summed E-state index contributed by atoms with van der Waals surface area (Å²) in [7, 11) is 0. The number of aromatic nitrogens is 6. The molecule has 10 heteroatoms. The van der Waals surface area contributed by atoms with Crippen molar-refractivity contribution < 1.29 is 13.2 Å². The van der Waals surface area contributed by atoms with Crippen molar-refractivity contribution in [1.82, 2.24) is 29.9 Å². The highest BCUT2D eigenvalue weighted by molar-refractivity contribution is 6.30. The molecule has 1 aromatic carbocycles. The maximum Gasteiger partial charge on any atom is 0.435 e. The third-order valence-corrected chi connectivity index (χ3v) is 4.59. The van der Waals surface area contributed by atoms with Crippen LogP contribution in [0.1, 0.15) is 11.3 Å². The predicted molar refractivity (Wildman–Crippen MR) is 101 cm³/mol. The number of rotatable bonds is 5. The first kappa shape index (κ1) is 19.1. The number of hydrogen-bond donors (Lipinski definition) is 1. The molecule has 29 heavy (non-hydrogen) atoms. The molecule has 4 aromatic rings. The van der Waals surface area contributed by atoms with Gasteiger partial charge in [0.1, 0.15) is 11.4 Å². The van der Waals surface area contributed by atoms with Gasteiger partial charge in [-0.25, -0.2) is 4.98 Å². The molecule has 4 rings (SSSR count). The number of H-pyrrole nitrogens is 1. The molecule has 0 saturated carbocycles. The third kappa shape index (κ3) is 4.29. The molecule has 0 aliphatic carbocycles. The molecule has 0 atom stereocenters. The molecule has 3 aromatic heterocycles. The molecule has 148 valence electrons. The summed E-state index contributed by atoms with van der Waals surface area (Å²) < 4.78 is 41.2. The SMILES string of the molecule is FC(F)(F)c1[nH]nnc1-c1ccnc(-c2cn(CCc3ccc(Cl)cc3)cn2)c1. The fourth-order valence-electron chi connectivity index (χ4n) is 2.87. The standard InChI is InChI=1S/C19H14ClF3N6/c20-14-3-1-12(2-4-14)6-8-29-10-16(25-11-29)15-9-13(5-7-24-15)17-18(19(21,22)23)27-28-26-17/h1-5,7,9-11H,6,8H2,(H,26,27,28). The maximum atomic E-state index is 13.1. The van der Waals surface area contributed by atoms with Crippen LogP contribution in [0.25, 0.3) is 22.6 Å². The minimum atomic E-state index is -4.58. The fourth-order valence-corrected chi connectivity index (χ4v) is 3.00. The number of imidazole rings is 1. The first-order valence-corrected chi connectivity index (χ1v) is 8.99. The zero-order chi connectivity index (χ0) is 20.4. The Morgan fingerprint density at radius 3 is 2.59 bits per heavy atom. The third-order valence-electron chi connectivity index (χ3n) is 4.33. The number of nitrogens with zero attached hydrogens (tertiary/aromatic N) is 5. The van der Waals surface area contributed by atoms with Gasteiger partial charge in [0.25, 0.3) is 0 Å². The van der Waals surface area contributed by atoms with E-state index in [9.17, 15) is 13.2 Å². The highest BCUT2D eigenvalue weighted by Gasteiger charge is 2.37. The Hall–Kier alpha value is -3.20. The second kappa shape index (κ2) is 7.67. The molecule has 0 fully saturated rings. The zero-order valence-corrected chi connectivity index (χ0v) is 15.6. The Morgan fingerprint density at radius 1 is 1.03 bits per heavy atom. The van der Waals surface area contributed by atoms with E-state index in [0.29, 0.717) is 23.0 Å². The highest BCUT2D eigenvalue weighted by atomic mass is 35.5. The quantitative estimate of drug-likeness (QED) is 0.512. The van der Waals surface area contributed by atoms with Crippen LogP contribution in [-0.4, -0.2) is 29.9 Å². The molecule has 0 radical (unpaired) electrons. The topological polar surface area (TPSA) is 72.3 Å². The van der Waals surface area contributed by atoms with Crippen molar-refractivity contribution in [1.29, 1.82) is 0 Å². The summed E-state index contributed by atoms with van der Waals surface area (Å²) in [5.41, 5.74) is 1.12. The Bertz CT molecular complexity index is 1120. The molecule has 0 aliphatic heterocycles. The van der Waals surface area contributed by atoms with Gasteiger partial charge in [-0.15, -0.1) is 5.10 Å². The lowest BCUT2D eigenvalue weighted by Crippen LogP contribution is -2.07. The molecule has 0 aliphatic rings. The van der Waals surface area contributed by atoms with Gasteiger partial charge in [0.05, 0.1) is 12.0 Å². The Morgan fingerprint density at radius 2 is 1.83 bits per heavy atom. The minimum absolute atomic E-state index is 0.256. The van der Waals surface area contributed by atoms with Crippen LogP contribution in [0.5, 0.6) is 0 Å². The fraction of sp³-hybridized carbons (Fsp3) is 0.158. The molecular formula is C19H14ClF3N6. The molecule has 0 unspecified atom stereocenters. The van der Waals surface area contributed by atoms with Crippen LogP contribution in [-0.2, 0) is 19.1 Å². The van der Waals surface area contributed by atoms with Crippen molar-refractivity contribution in [2.75, 3.05) is 0 Å². The van der Waals surface area contributed by atoms with Crippen molar-refractivity contribution in [3.05, 3.63) is 71.4 Å². The molecule has 0 amide bonds. The van der Waals surface area contributed by atoms with E-state index in [4.69, 9.17) is 11.6 Å². The van der Waals surface area contributed by atoms with Gasteiger partial charge in [-0.05, 0) is 36.2 Å². The first-order valence-electron chi connectivity index (χ1n) is 8.61. The number of alkyl halides is 3. The number of benzene rings is 1. The summed E-state index contributed by atoms with van der Waals surface area (Å²) in [6.07, 6.45) is 1.10. The zero-order valence-electron chi connectivity index (χ0n) is 14.9. The van der Waals surface area contributed by atoms with Crippen LogP contribution in [0.3, 0.4) is 0 Å². The second-order valence-electron chi connectivity index (χ2n) is 6.34. The lowest BCUT2D eigenvalue weighted by molar-refractivity contribution is -0.140. The number of hydrogen-bond acceptors (Lipinski definition) is 4. The van der Waals surface area contributed by atoms with E-state index in [-0.39, 0.29) is 11.3 Å². The first-order chi connectivity index (χ1) is 13.9. The monoisotopic (exact) mass is 418 g/mol. The van der Waals surface area contributed by atoms with Crippen LogP contribution < -0.4 is 0 Å². The molecule has 3 heterocycles. The summed E-state index contributed by atoms with van der Waals surface area (Å²) in [5.74, 6) is 0. The number of nitrogens with one attached hydrogen (secondary N) is 1. The van der Waals surface area contributed by atoms with E-state index < -0.39 is 11.9 Å². The summed E-state index contributed by atoms with van der Waals surface area (Å²) in [6, 6.07) is 10.6. The molecule has 1 N–H and O–H groups in total. The number of aryl methyl sites for hydroxylation is 2. The molecule has 6 nitrogen and oxygen atoms in total. The lowest BCUT2D eigenvalue weighted by atomic mass is 10.1. The van der Waals surface area contributed by atoms with Crippen molar-refractivity contribution in [2.24, 2.45) is 0 Å². The largest absolute Gasteiger partial charge is 0.435 e. The van der Waals surface area contributed by atoms with Crippen LogP contribution in [0.15, 0.2) is 55.1 Å².